The zero-order valence-electron chi connectivity index (χ0n) is 16.3. The third kappa shape index (κ3) is 4.67. The average molecular weight is 364 g/mol. The van der Waals surface area contributed by atoms with Crippen molar-refractivity contribution in [3.05, 3.63) is 59.4 Å². The summed E-state index contributed by atoms with van der Waals surface area (Å²) in [6.07, 6.45) is 0. The monoisotopic (exact) mass is 364 g/mol. The van der Waals surface area contributed by atoms with Crippen LogP contribution in [0.4, 0.5) is 23.0 Å². The van der Waals surface area contributed by atoms with Gasteiger partial charge in [0.2, 0.25) is 0 Å². The Morgan fingerprint density at radius 2 is 1.41 bits per heavy atom. The molecule has 0 fully saturated rings. The fourth-order valence-electron chi connectivity index (χ4n) is 2.94. The number of anilines is 4. The molecule has 0 aliphatic rings. The SMILES string of the molecule is COc1ccc(OC)c(Nc2cc(Nc3cc(C)cc(C)c3)nc(C)n2)c1. The Kier molecular flexibility index (Phi) is 5.45. The van der Waals surface area contributed by atoms with Crippen molar-refractivity contribution in [1.82, 2.24) is 9.97 Å². The molecular weight excluding hydrogens is 340 g/mol. The minimum atomic E-state index is 0.661. The summed E-state index contributed by atoms with van der Waals surface area (Å²) in [6, 6.07) is 13.7. The standard InChI is InChI=1S/C21H24N4O2/c1-13-8-14(2)10-16(9-13)24-20-12-21(23-15(3)22-20)25-18-11-17(26-4)6-7-19(18)27-5/h6-12H,1-5H3,(H2,22,23,24,25). The first-order chi connectivity index (χ1) is 13.0. The summed E-state index contributed by atoms with van der Waals surface area (Å²) in [5.74, 6) is 3.49. The summed E-state index contributed by atoms with van der Waals surface area (Å²) in [4.78, 5) is 8.97. The Labute approximate surface area is 159 Å². The number of ether oxygens (including phenoxy) is 2. The highest BCUT2D eigenvalue weighted by molar-refractivity contribution is 5.69. The predicted molar refractivity (Wildman–Crippen MR) is 109 cm³/mol. The van der Waals surface area contributed by atoms with E-state index in [0.29, 0.717) is 17.4 Å². The number of nitrogens with one attached hydrogen (secondary N) is 2. The third-order valence-electron chi connectivity index (χ3n) is 4.00. The Balaban J connectivity index is 1.89. The van der Waals surface area contributed by atoms with Crippen molar-refractivity contribution in [2.75, 3.05) is 24.9 Å². The number of aryl methyl sites for hydroxylation is 3. The second-order valence-electron chi connectivity index (χ2n) is 6.38. The molecule has 3 aromatic rings. The lowest BCUT2D eigenvalue weighted by atomic mass is 10.1. The van der Waals surface area contributed by atoms with E-state index < -0.39 is 0 Å². The van der Waals surface area contributed by atoms with E-state index in [0.717, 1.165) is 22.9 Å². The molecule has 6 nitrogen and oxygen atoms in total. The summed E-state index contributed by atoms with van der Waals surface area (Å²) < 4.78 is 10.7. The first-order valence-electron chi connectivity index (χ1n) is 8.67. The van der Waals surface area contributed by atoms with Gasteiger partial charge in [-0.2, -0.15) is 0 Å². The smallest absolute Gasteiger partial charge is 0.142 e. The predicted octanol–water partition coefficient (Wildman–Crippen LogP) is 4.91. The summed E-state index contributed by atoms with van der Waals surface area (Å²) in [5, 5.41) is 6.65. The molecule has 0 bridgehead atoms. The van der Waals surface area contributed by atoms with Gasteiger partial charge < -0.3 is 20.1 Å². The minimum Gasteiger partial charge on any atom is -0.497 e. The quantitative estimate of drug-likeness (QED) is 0.648. The van der Waals surface area contributed by atoms with Crippen LogP contribution in [0.1, 0.15) is 17.0 Å². The highest BCUT2D eigenvalue weighted by atomic mass is 16.5. The van der Waals surface area contributed by atoms with Crippen LogP contribution in [0, 0.1) is 20.8 Å². The summed E-state index contributed by atoms with van der Waals surface area (Å²) in [6.45, 7) is 6.01. The number of hydrogen-bond donors (Lipinski definition) is 2. The van der Waals surface area contributed by atoms with E-state index in [1.165, 1.54) is 11.1 Å². The molecule has 6 heteroatoms. The van der Waals surface area contributed by atoms with Crippen LogP contribution in [-0.2, 0) is 0 Å². The van der Waals surface area contributed by atoms with Gasteiger partial charge in [-0.05, 0) is 56.2 Å². The fourth-order valence-corrected chi connectivity index (χ4v) is 2.94. The molecule has 27 heavy (non-hydrogen) atoms. The van der Waals surface area contributed by atoms with Crippen LogP contribution in [0.2, 0.25) is 0 Å². The number of benzene rings is 2. The molecule has 0 amide bonds. The maximum atomic E-state index is 5.42. The van der Waals surface area contributed by atoms with E-state index >= 15 is 0 Å². The van der Waals surface area contributed by atoms with E-state index in [9.17, 15) is 0 Å². The molecule has 2 N–H and O–H groups in total. The van der Waals surface area contributed by atoms with E-state index in [1.807, 2.05) is 31.2 Å². The van der Waals surface area contributed by atoms with Gasteiger partial charge in [0.25, 0.3) is 0 Å². The maximum Gasteiger partial charge on any atom is 0.142 e. The van der Waals surface area contributed by atoms with Crippen LogP contribution < -0.4 is 20.1 Å². The Morgan fingerprint density at radius 3 is 2.04 bits per heavy atom. The van der Waals surface area contributed by atoms with E-state index in [2.05, 4.69) is 52.6 Å². The molecule has 3 rings (SSSR count). The van der Waals surface area contributed by atoms with Crippen LogP contribution in [0.3, 0.4) is 0 Å². The topological polar surface area (TPSA) is 68.3 Å². The van der Waals surface area contributed by atoms with Crippen molar-refractivity contribution in [3.63, 3.8) is 0 Å². The molecule has 0 radical (unpaired) electrons. The van der Waals surface area contributed by atoms with Crippen molar-refractivity contribution in [3.8, 4) is 11.5 Å². The van der Waals surface area contributed by atoms with Crippen molar-refractivity contribution in [2.24, 2.45) is 0 Å². The lowest BCUT2D eigenvalue weighted by Crippen LogP contribution is -2.03. The zero-order valence-corrected chi connectivity index (χ0v) is 16.3. The third-order valence-corrected chi connectivity index (χ3v) is 4.00. The molecule has 0 spiro atoms. The normalized spacial score (nSPS) is 10.4. The van der Waals surface area contributed by atoms with Gasteiger partial charge in [-0.15, -0.1) is 0 Å². The molecule has 0 saturated heterocycles. The molecular formula is C21H24N4O2. The van der Waals surface area contributed by atoms with Gasteiger partial charge in [-0.3, -0.25) is 0 Å². The minimum absolute atomic E-state index is 0.661. The molecule has 0 saturated carbocycles. The Hall–Kier alpha value is -3.28. The van der Waals surface area contributed by atoms with Gasteiger partial charge in [0, 0.05) is 17.8 Å². The average Bonchev–Trinajstić information content (AvgIpc) is 2.60. The van der Waals surface area contributed by atoms with Gasteiger partial charge in [-0.1, -0.05) is 6.07 Å². The van der Waals surface area contributed by atoms with Crippen molar-refractivity contribution in [2.45, 2.75) is 20.8 Å². The second kappa shape index (κ2) is 7.95. The largest absolute Gasteiger partial charge is 0.497 e. The highest BCUT2D eigenvalue weighted by Gasteiger charge is 2.09. The highest BCUT2D eigenvalue weighted by Crippen LogP contribution is 2.31. The summed E-state index contributed by atoms with van der Waals surface area (Å²) in [7, 11) is 3.26. The summed E-state index contributed by atoms with van der Waals surface area (Å²) >= 11 is 0. The fraction of sp³-hybridized carbons (Fsp3) is 0.238. The van der Waals surface area contributed by atoms with E-state index in [-0.39, 0.29) is 0 Å². The van der Waals surface area contributed by atoms with Crippen LogP contribution in [0.5, 0.6) is 11.5 Å². The molecule has 0 atom stereocenters. The first kappa shape index (κ1) is 18.5. The van der Waals surface area contributed by atoms with Crippen LogP contribution in [0.15, 0.2) is 42.5 Å². The lowest BCUT2D eigenvalue weighted by Gasteiger charge is -2.14. The van der Waals surface area contributed by atoms with Gasteiger partial charge in [0.15, 0.2) is 0 Å². The van der Waals surface area contributed by atoms with Gasteiger partial charge in [-0.25, -0.2) is 9.97 Å². The maximum absolute atomic E-state index is 5.42. The van der Waals surface area contributed by atoms with Gasteiger partial charge in [0.1, 0.15) is 29.0 Å². The number of methoxy groups -OCH3 is 2. The Bertz CT molecular complexity index is 937. The Morgan fingerprint density at radius 1 is 0.741 bits per heavy atom. The molecule has 140 valence electrons. The van der Waals surface area contributed by atoms with Crippen LogP contribution in [-0.4, -0.2) is 24.2 Å². The number of rotatable bonds is 6. The van der Waals surface area contributed by atoms with E-state index in [4.69, 9.17) is 9.47 Å². The van der Waals surface area contributed by atoms with Crippen LogP contribution >= 0.6 is 0 Å². The van der Waals surface area contributed by atoms with Crippen molar-refractivity contribution >= 4 is 23.0 Å². The second-order valence-corrected chi connectivity index (χ2v) is 6.38. The lowest BCUT2D eigenvalue weighted by molar-refractivity contribution is 0.405. The molecule has 2 aromatic carbocycles. The first-order valence-corrected chi connectivity index (χ1v) is 8.67. The molecule has 1 heterocycles. The van der Waals surface area contributed by atoms with E-state index in [1.54, 1.807) is 14.2 Å². The number of hydrogen-bond acceptors (Lipinski definition) is 6. The number of aromatic nitrogens is 2. The molecule has 0 aliphatic carbocycles. The molecule has 0 unspecified atom stereocenters. The van der Waals surface area contributed by atoms with Crippen molar-refractivity contribution in [1.29, 1.82) is 0 Å². The van der Waals surface area contributed by atoms with Crippen LogP contribution in [0.25, 0.3) is 0 Å². The molecule has 1 aromatic heterocycles. The van der Waals surface area contributed by atoms with Gasteiger partial charge >= 0.3 is 0 Å². The van der Waals surface area contributed by atoms with Gasteiger partial charge in [0.05, 0.1) is 19.9 Å². The zero-order chi connectivity index (χ0) is 19.4. The number of nitrogens with zero attached hydrogens (tertiary/aromatic N) is 2. The van der Waals surface area contributed by atoms with Crippen molar-refractivity contribution < 1.29 is 9.47 Å². The summed E-state index contributed by atoms with van der Waals surface area (Å²) in [5.41, 5.74) is 4.16. The molecule has 0 aliphatic heterocycles.